The maximum absolute atomic E-state index is 10.7. The summed E-state index contributed by atoms with van der Waals surface area (Å²) in [6.45, 7) is 0. The van der Waals surface area contributed by atoms with E-state index in [0.717, 1.165) is 11.9 Å². The SMILES string of the molecule is Cn1c([N+](=O)[O-])cnc1C1=CNN(NC=O)S1. The van der Waals surface area contributed by atoms with Gasteiger partial charge in [-0.25, -0.2) is 9.55 Å². The van der Waals surface area contributed by atoms with Crippen molar-refractivity contribution in [3.63, 3.8) is 0 Å². The third-order valence-corrected chi connectivity index (χ3v) is 2.93. The van der Waals surface area contributed by atoms with Crippen LogP contribution in [0.2, 0.25) is 0 Å². The Labute approximate surface area is 99.7 Å². The van der Waals surface area contributed by atoms with Crippen molar-refractivity contribution in [2.45, 2.75) is 0 Å². The summed E-state index contributed by atoms with van der Waals surface area (Å²) < 4.78 is 2.72. The molecule has 0 unspecified atom stereocenters. The molecule has 0 saturated carbocycles. The van der Waals surface area contributed by atoms with Crippen LogP contribution in [0.3, 0.4) is 0 Å². The molecule has 0 saturated heterocycles. The topological polar surface area (TPSA) is 105 Å². The summed E-state index contributed by atoms with van der Waals surface area (Å²) in [6.07, 6.45) is 3.29. The number of imidazole rings is 1. The molecule has 0 aromatic carbocycles. The molecule has 2 heterocycles. The summed E-state index contributed by atoms with van der Waals surface area (Å²) in [6, 6.07) is 0. The molecule has 0 aliphatic carbocycles. The number of rotatable bonds is 4. The number of hydrogen-bond acceptors (Lipinski definition) is 7. The average Bonchev–Trinajstić information content (AvgIpc) is 2.85. The summed E-state index contributed by atoms with van der Waals surface area (Å²) in [5, 5.41) is 10.7. The number of amides is 1. The van der Waals surface area contributed by atoms with Gasteiger partial charge in [0.1, 0.15) is 11.1 Å². The fourth-order valence-corrected chi connectivity index (χ4v) is 2.06. The average molecular weight is 256 g/mol. The van der Waals surface area contributed by atoms with E-state index in [4.69, 9.17) is 0 Å². The maximum atomic E-state index is 10.7. The monoisotopic (exact) mass is 256 g/mol. The van der Waals surface area contributed by atoms with E-state index in [0.29, 0.717) is 17.1 Å². The van der Waals surface area contributed by atoms with Gasteiger partial charge in [0.05, 0.1) is 7.05 Å². The fraction of sp³-hybridized carbons (Fsp3) is 0.143. The maximum Gasteiger partial charge on any atom is 0.342 e. The highest BCUT2D eigenvalue weighted by molar-refractivity contribution is 8.06. The number of nitro groups is 1. The molecule has 1 amide bonds. The Kier molecular flexibility index (Phi) is 2.97. The fourth-order valence-electron chi connectivity index (χ4n) is 1.28. The first-order valence-corrected chi connectivity index (χ1v) is 5.21. The molecule has 1 aliphatic heterocycles. The van der Waals surface area contributed by atoms with Crippen molar-refractivity contribution < 1.29 is 9.72 Å². The summed E-state index contributed by atoms with van der Waals surface area (Å²) in [5.74, 6) is 0.354. The summed E-state index contributed by atoms with van der Waals surface area (Å²) in [5.41, 5.74) is 5.12. The van der Waals surface area contributed by atoms with Crippen LogP contribution >= 0.6 is 11.9 Å². The number of carbonyl (C=O) groups is 1. The van der Waals surface area contributed by atoms with Crippen LogP contribution < -0.4 is 10.9 Å². The number of carbonyl (C=O) groups excluding carboxylic acids is 1. The molecule has 17 heavy (non-hydrogen) atoms. The van der Waals surface area contributed by atoms with Crippen molar-refractivity contribution >= 4 is 29.1 Å². The van der Waals surface area contributed by atoms with Crippen molar-refractivity contribution in [1.82, 2.24) is 24.9 Å². The van der Waals surface area contributed by atoms with Crippen LogP contribution in [0, 0.1) is 10.1 Å². The zero-order valence-corrected chi connectivity index (χ0v) is 9.47. The molecule has 1 aromatic heterocycles. The summed E-state index contributed by atoms with van der Waals surface area (Å²) in [7, 11) is 1.55. The Morgan fingerprint density at radius 1 is 1.71 bits per heavy atom. The van der Waals surface area contributed by atoms with Crippen LogP contribution in [0.1, 0.15) is 5.82 Å². The van der Waals surface area contributed by atoms with E-state index in [-0.39, 0.29) is 5.82 Å². The largest absolute Gasteiger partial charge is 0.358 e. The first-order valence-electron chi connectivity index (χ1n) is 4.44. The second kappa shape index (κ2) is 4.43. The first kappa shape index (κ1) is 11.4. The molecule has 0 spiro atoms. The van der Waals surface area contributed by atoms with Crippen LogP contribution in [-0.2, 0) is 11.8 Å². The van der Waals surface area contributed by atoms with Crippen molar-refractivity contribution in [3.05, 3.63) is 28.3 Å². The van der Waals surface area contributed by atoms with Gasteiger partial charge < -0.3 is 10.1 Å². The Hall–Kier alpha value is -2.07. The lowest BCUT2D eigenvalue weighted by Crippen LogP contribution is -2.36. The number of nitrogens with zero attached hydrogens (tertiary/aromatic N) is 4. The Bertz CT molecular complexity index is 498. The van der Waals surface area contributed by atoms with Gasteiger partial charge in [-0.2, -0.15) is 0 Å². The lowest BCUT2D eigenvalue weighted by molar-refractivity contribution is -0.391. The van der Waals surface area contributed by atoms with Crippen LogP contribution in [0.4, 0.5) is 5.82 Å². The van der Waals surface area contributed by atoms with Gasteiger partial charge in [-0.3, -0.25) is 15.6 Å². The third-order valence-electron chi connectivity index (χ3n) is 2.04. The molecule has 0 fully saturated rings. The highest BCUT2D eigenvalue weighted by Gasteiger charge is 2.25. The Morgan fingerprint density at radius 2 is 2.47 bits per heavy atom. The minimum absolute atomic E-state index is 0.0942. The van der Waals surface area contributed by atoms with Gasteiger partial charge in [-0.05, 0) is 4.92 Å². The van der Waals surface area contributed by atoms with Gasteiger partial charge >= 0.3 is 5.82 Å². The number of hydrazine groups is 2. The Balaban J connectivity index is 2.19. The summed E-state index contributed by atoms with van der Waals surface area (Å²) >= 11 is 1.16. The third kappa shape index (κ3) is 2.07. The molecule has 2 N–H and O–H groups in total. The van der Waals surface area contributed by atoms with Crippen LogP contribution in [0.15, 0.2) is 12.4 Å². The molecule has 0 radical (unpaired) electrons. The molecule has 9 nitrogen and oxygen atoms in total. The number of hydrogen-bond donors (Lipinski definition) is 2. The smallest absolute Gasteiger partial charge is 0.342 e. The lowest BCUT2D eigenvalue weighted by Gasteiger charge is -2.10. The van der Waals surface area contributed by atoms with Crippen molar-refractivity contribution in [1.29, 1.82) is 0 Å². The molecule has 2 rings (SSSR count). The van der Waals surface area contributed by atoms with Crippen LogP contribution in [0.25, 0.3) is 4.91 Å². The van der Waals surface area contributed by atoms with Gasteiger partial charge in [0.25, 0.3) is 0 Å². The minimum Gasteiger partial charge on any atom is -0.358 e. The van der Waals surface area contributed by atoms with Crippen LogP contribution in [-0.4, -0.2) is 25.4 Å². The van der Waals surface area contributed by atoms with Gasteiger partial charge in [-0.1, -0.05) is 4.52 Å². The van der Waals surface area contributed by atoms with E-state index in [2.05, 4.69) is 15.8 Å². The predicted octanol–water partition coefficient (Wildman–Crippen LogP) is -0.244. The zero-order valence-electron chi connectivity index (χ0n) is 8.65. The second-order valence-corrected chi connectivity index (χ2v) is 4.01. The highest BCUT2D eigenvalue weighted by Crippen LogP contribution is 2.32. The molecular formula is C7H8N6O3S. The molecule has 1 aliphatic rings. The molecule has 1 aromatic rings. The lowest BCUT2D eigenvalue weighted by atomic mass is 10.5. The van der Waals surface area contributed by atoms with Gasteiger partial charge in [-0.15, -0.1) is 0 Å². The highest BCUT2D eigenvalue weighted by atomic mass is 32.2. The van der Waals surface area contributed by atoms with E-state index in [9.17, 15) is 14.9 Å². The zero-order chi connectivity index (χ0) is 12.4. The van der Waals surface area contributed by atoms with Gasteiger partial charge in [0.15, 0.2) is 0 Å². The summed E-state index contributed by atoms with van der Waals surface area (Å²) in [4.78, 5) is 25.0. The second-order valence-electron chi connectivity index (χ2n) is 3.03. The van der Waals surface area contributed by atoms with Gasteiger partial charge in [0, 0.05) is 18.1 Å². The molecular weight excluding hydrogens is 248 g/mol. The van der Waals surface area contributed by atoms with Gasteiger partial charge in [0.2, 0.25) is 12.2 Å². The standard InChI is InChI=1S/C7H8N6O3S/c1-11-6(12(15)16)3-8-7(11)5-2-9-13(17-5)10-4-14/h2-4,9H,1H3,(H,10,14). The van der Waals surface area contributed by atoms with Crippen molar-refractivity contribution in [3.8, 4) is 0 Å². The van der Waals surface area contributed by atoms with E-state index in [1.165, 1.54) is 15.3 Å². The van der Waals surface area contributed by atoms with Crippen LogP contribution in [0.5, 0.6) is 0 Å². The Morgan fingerprint density at radius 3 is 3.06 bits per heavy atom. The number of nitrogens with one attached hydrogen (secondary N) is 2. The van der Waals surface area contributed by atoms with Crippen molar-refractivity contribution in [2.24, 2.45) is 7.05 Å². The van der Waals surface area contributed by atoms with E-state index < -0.39 is 4.92 Å². The van der Waals surface area contributed by atoms with E-state index >= 15 is 0 Å². The quantitative estimate of drug-likeness (QED) is 0.331. The molecule has 0 atom stereocenters. The minimum atomic E-state index is -0.508. The predicted molar refractivity (Wildman–Crippen MR) is 59.6 cm³/mol. The first-order chi connectivity index (χ1) is 8.13. The van der Waals surface area contributed by atoms with E-state index in [1.807, 2.05) is 0 Å². The van der Waals surface area contributed by atoms with E-state index in [1.54, 1.807) is 13.2 Å². The molecule has 0 bridgehead atoms. The van der Waals surface area contributed by atoms with Crippen molar-refractivity contribution in [2.75, 3.05) is 0 Å². The molecule has 90 valence electrons. The number of aromatic nitrogens is 2. The normalized spacial score (nSPS) is 15.2. The molecule has 10 heteroatoms.